The molecular formula is C14H9NO5. The quantitative estimate of drug-likeness (QED) is 0.787. The van der Waals surface area contributed by atoms with Crippen LogP contribution in [0.25, 0.3) is 6.08 Å². The molecule has 0 fully saturated rings. The lowest BCUT2D eigenvalue weighted by molar-refractivity contribution is -0.135. The molecule has 6 heteroatoms. The highest BCUT2D eigenvalue weighted by Gasteiger charge is 2.17. The van der Waals surface area contributed by atoms with Gasteiger partial charge in [0.15, 0.2) is 0 Å². The van der Waals surface area contributed by atoms with Gasteiger partial charge in [0.05, 0.1) is 5.36 Å². The summed E-state index contributed by atoms with van der Waals surface area (Å²) in [6, 6.07) is 3.38. The van der Waals surface area contributed by atoms with E-state index in [1.165, 1.54) is 6.08 Å². The molecule has 0 saturated carbocycles. The first kappa shape index (κ1) is 12.2. The van der Waals surface area contributed by atoms with Crippen molar-refractivity contribution in [1.82, 2.24) is 0 Å². The highest BCUT2D eigenvalue weighted by atomic mass is 16.5. The molecule has 0 spiro atoms. The molecule has 0 bridgehead atoms. The number of hydrogen-bond donors (Lipinski definition) is 2. The lowest BCUT2D eigenvalue weighted by Gasteiger charge is -2.13. The van der Waals surface area contributed by atoms with Crippen LogP contribution in [0.1, 0.15) is 5.56 Å². The van der Waals surface area contributed by atoms with E-state index in [1.54, 1.807) is 18.2 Å². The van der Waals surface area contributed by atoms with Crippen molar-refractivity contribution in [3.63, 3.8) is 0 Å². The van der Waals surface area contributed by atoms with Crippen LogP contribution in [0.15, 0.2) is 40.7 Å². The molecular weight excluding hydrogens is 262 g/mol. The second-order valence-electron chi connectivity index (χ2n) is 4.33. The number of carbonyl (C=O) groups is 2. The molecule has 0 saturated heterocycles. The molecule has 0 atom stereocenters. The molecule has 2 heterocycles. The van der Waals surface area contributed by atoms with Crippen LogP contribution in [0.3, 0.4) is 0 Å². The van der Waals surface area contributed by atoms with Gasteiger partial charge in [-0.25, -0.2) is 14.6 Å². The number of carboxylic acid groups (broad SMARTS) is 2. The summed E-state index contributed by atoms with van der Waals surface area (Å²) in [7, 11) is 0. The fourth-order valence-corrected chi connectivity index (χ4v) is 2.07. The van der Waals surface area contributed by atoms with Crippen molar-refractivity contribution in [2.75, 3.05) is 0 Å². The normalized spacial score (nSPS) is 15.4. The molecule has 20 heavy (non-hydrogen) atoms. The van der Waals surface area contributed by atoms with Gasteiger partial charge in [0.2, 0.25) is 5.76 Å². The predicted octanol–water partition coefficient (Wildman–Crippen LogP) is -0.0278. The van der Waals surface area contributed by atoms with Crippen LogP contribution in [0.2, 0.25) is 0 Å². The van der Waals surface area contributed by atoms with Gasteiger partial charge >= 0.3 is 11.9 Å². The van der Waals surface area contributed by atoms with E-state index in [9.17, 15) is 9.59 Å². The maximum atomic E-state index is 10.9. The van der Waals surface area contributed by atoms with Gasteiger partial charge in [-0.1, -0.05) is 0 Å². The number of allylic oxidation sites excluding steroid dienone is 2. The summed E-state index contributed by atoms with van der Waals surface area (Å²) in [5, 5.41) is 19.1. The minimum absolute atomic E-state index is 0.0220. The van der Waals surface area contributed by atoms with E-state index in [0.29, 0.717) is 17.5 Å². The summed E-state index contributed by atoms with van der Waals surface area (Å²) in [6.45, 7) is 0. The number of rotatable bonds is 2. The van der Waals surface area contributed by atoms with E-state index in [1.807, 2.05) is 6.07 Å². The van der Waals surface area contributed by atoms with Gasteiger partial charge < -0.3 is 14.9 Å². The average Bonchev–Trinajstić information content (AvgIpc) is 2.43. The zero-order valence-corrected chi connectivity index (χ0v) is 10.2. The van der Waals surface area contributed by atoms with Crippen LogP contribution < -0.4 is 15.3 Å². The maximum Gasteiger partial charge on any atom is 0.371 e. The van der Waals surface area contributed by atoms with E-state index >= 15 is 0 Å². The Bertz CT molecular complexity index is 817. The number of fused-ring (bicyclic) bond motifs is 2. The van der Waals surface area contributed by atoms with Gasteiger partial charge in [0, 0.05) is 11.3 Å². The highest BCUT2D eigenvalue weighted by molar-refractivity contribution is 5.87. The van der Waals surface area contributed by atoms with E-state index in [2.05, 4.69) is 4.99 Å². The first-order chi connectivity index (χ1) is 9.54. The number of benzene rings is 1. The second-order valence-corrected chi connectivity index (χ2v) is 4.33. The molecule has 2 aliphatic heterocycles. The maximum absolute atomic E-state index is 10.9. The Labute approximate surface area is 112 Å². The van der Waals surface area contributed by atoms with Crippen molar-refractivity contribution in [3.8, 4) is 5.75 Å². The Balaban J connectivity index is 2.12. The number of hydrogen-bond acceptors (Lipinski definition) is 4. The molecule has 0 amide bonds. The van der Waals surface area contributed by atoms with Crippen molar-refractivity contribution in [2.24, 2.45) is 4.99 Å². The Morgan fingerprint density at radius 3 is 2.65 bits per heavy atom. The Morgan fingerprint density at radius 2 is 1.95 bits per heavy atom. The molecule has 0 radical (unpaired) electrons. The van der Waals surface area contributed by atoms with Crippen LogP contribution >= 0.6 is 0 Å². The van der Waals surface area contributed by atoms with Gasteiger partial charge in [-0.2, -0.15) is 0 Å². The lowest BCUT2D eigenvalue weighted by Crippen LogP contribution is -2.24. The van der Waals surface area contributed by atoms with E-state index in [4.69, 9.17) is 14.9 Å². The van der Waals surface area contributed by atoms with Crippen LogP contribution in [0.5, 0.6) is 5.75 Å². The summed E-state index contributed by atoms with van der Waals surface area (Å²) in [4.78, 5) is 25.8. The number of carboxylic acids is 2. The van der Waals surface area contributed by atoms with Crippen LogP contribution in [-0.2, 0) is 16.0 Å². The van der Waals surface area contributed by atoms with Gasteiger partial charge in [-0.15, -0.1) is 0 Å². The Kier molecular flexibility index (Phi) is 2.64. The number of aliphatic carboxylic acids is 2. The fourth-order valence-electron chi connectivity index (χ4n) is 2.07. The van der Waals surface area contributed by atoms with Crippen LogP contribution in [0.4, 0.5) is 0 Å². The van der Waals surface area contributed by atoms with Gasteiger partial charge in [-0.3, -0.25) is 0 Å². The number of ether oxygens (including phenoxy) is 1. The standard InChI is InChI=1S/C14H9NO5/c16-13(17)9-3-1-7-5-8-2-4-11(14(18)19)20-12(8)6-10(7)15-9/h2-6H,1H2,(H,16,17)(H,18,19). The molecule has 1 aromatic rings. The van der Waals surface area contributed by atoms with Gasteiger partial charge in [0.1, 0.15) is 11.4 Å². The largest absolute Gasteiger partial charge is 0.477 e. The topological polar surface area (TPSA) is 96.2 Å². The third kappa shape index (κ3) is 1.97. The predicted molar refractivity (Wildman–Crippen MR) is 67.5 cm³/mol. The summed E-state index contributed by atoms with van der Waals surface area (Å²) in [5.74, 6) is -2.07. The summed E-state index contributed by atoms with van der Waals surface area (Å²) in [5.41, 5.74) is 0.854. The monoisotopic (exact) mass is 271 g/mol. The zero-order chi connectivity index (χ0) is 14.3. The number of nitrogens with zero attached hydrogens (tertiary/aromatic N) is 1. The molecule has 1 aromatic carbocycles. The van der Waals surface area contributed by atoms with Gasteiger partial charge in [0.25, 0.3) is 0 Å². The Morgan fingerprint density at radius 1 is 1.15 bits per heavy atom. The zero-order valence-electron chi connectivity index (χ0n) is 10.2. The van der Waals surface area contributed by atoms with Crippen molar-refractivity contribution < 1.29 is 24.5 Å². The lowest BCUT2D eigenvalue weighted by atomic mass is 10.0. The van der Waals surface area contributed by atoms with E-state index in [-0.39, 0.29) is 11.5 Å². The third-order valence-corrected chi connectivity index (χ3v) is 3.03. The minimum Gasteiger partial charge on any atom is -0.477 e. The first-order valence-corrected chi connectivity index (χ1v) is 5.83. The van der Waals surface area contributed by atoms with Crippen molar-refractivity contribution in [3.05, 3.63) is 51.9 Å². The first-order valence-electron chi connectivity index (χ1n) is 5.83. The molecule has 0 unspecified atom stereocenters. The summed E-state index contributed by atoms with van der Waals surface area (Å²) >= 11 is 0. The van der Waals surface area contributed by atoms with Crippen molar-refractivity contribution >= 4 is 18.0 Å². The Hall–Kier alpha value is -2.89. The highest BCUT2D eigenvalue weighted by Crippen LogP contribution is 2.14. The van der Waals surface area contributed by atoms with Crippen molar-refractivity contribution in [1.29, 1.82) is 0 Å². The van der Waals surface area contributed by atoms with E-state index in [0.717, 1.165) is 10.8 Å². The van der Waals surface area contributed by atoms with Crippen molar-refractivity contribution in [2.45, 2.75) is 6.42 Å². The summed E-state index contributed by atoms with van der Waals surface area (Å²) < 4.78 is 5.26. The summed E-state index contributed by atoms with van der Waals surface area (Å²) in [6.07, 6.45) is 5.05. The average molecular weight is 271 g/mol. The van der Waals surface area contributed by atoms with Crippen LogP contribution in [-0.4, -0.2) is 22.2 Å². The second kappa shape index (κ2) is 4.34. The smallest absolute Gasteiger partial charge is 0.371 e. The van der Waals surface area contributed by atoms with E-state index < -0.39 is 11.9 Å². The molecule has 0 aliphatic carbocycles. The molecule has 2 aliphatic rings. The molecule has 0 aromatic heterocycles. The third-order valence-electron chi connectivity index (χ3n) is 3.03. The molecule has 6 nitrogen and oxygen atoms in total. The SMILES string of the molecule is O=C(O)C1=CCc2cc3c(cc2=N1)OC(C(=O)O)=CC=3. The molecule has 2 N–H and O–H groups in total. The van der Waals surface area contributed by atoms with Crippen LogP contribution in [0, 0.1) is 0 Å². The molecule has 3 rings (SSSR count). The fraction of sp³-hybridized carbons (Fsp3) is 0.0714. The molecule has 100 valence electrons. The minimum atomic E-state index is -1.16. The van der Waals surface area contributed by atoms with Gasteiger partial charge in [-0.05, 0) is 36.3 Å².